The van der Waals surface area contributed by atoms with Crippen LogP contribution in [0.25, 0.3) is 0 Å². The molecule has 136 valence electrons. The molecule has 2 aromatic rings. The minimum Gasteiger partial charge on any atom is -0.477 e. The van der Waals surface area contributed by atoms with E-state index in [0.717, 1.165) is 16.5 Å². The van der Waals surface area contributed by atoms with Crippen molar-refractivity contribution >= 4 is 33.4 Å². The molecule has 0 radical (unpaired) electrons. The monoisotopic (exact) mass is 416 g/mol. The highest BCUT2D eigenvalue weighted by Gasteiger charge is 2.33. The number of hydrogen-bond acceptors (Lipinski definition) is 3. The molecule has 0 aliphatic carbocycles. The third-order valence-electron chi connectivity index (χ3n) is 4.19. The minimum absolute atomic E-state index is 0.0589. The van der Waals surface area contributed by atoms with Crippen molar-refractivity contribution in [2.45, 2.75) is 25.9 Å². The van der Waals surface area contributed by atoms with E-state index in [9.17, 15) is 9.59 Å². The number of para-hydroxylation sites is 2. The Morgan fingerprint density at radius 1 is 1.19 bits per heavy atom. The number of carbonyl (C=O) groups excluding carboxylic acids is 2. The predicted molar refractivity (Wildman–Crippen MR) is 104 cm³/mol. The lowest BCUT2D eigenvalue weighted by molar-refractivity contribution is -0.128. The molecule has 0 saturated heterocycles. The van der Waals surface area contributed by atoms with E-state index in [1.165, 1.54) is 0 Å². The number of rotatable bonds is 5. The van der Waals surface area contributed by atoms with E-state index in [0.29, 0.717) is 18.0 Å². The SMILES string of the molecule is CCCNC(=O)[C@@H]1CN(C(=O)Cc2ccc(Br)cc2)c2ccccc2O1. The largest absolute Gasteiger partial charge is 0.477 e. The van der Waals surface area contributed by atoms with Crippen LogP contribution in [0.1, 0.15) is 18.9 Å². The van der Waals surface area contributed by atoms with Crippen LogP contribution in [0.15, 0.2) is 53.0 Å². The highest BCUT2D eigenvalue weighted by molar-refractivity contribution is 9.10. The molecule has 0 saturated carbocycles. The molecule has 3 rings (SSSR count). The molecule has 1 heterocycles. The molecule has 0 bridgehead atoms. The van der Waals surface area contributed by atoms with Crippen LogP contribution in [0.4, 0.5) is 5.69 Å². The Morgan fingerprint density at radius 3 is 2.65 bits per heavy atom. The summed E-state index contributed by atoms with van der Waals surface area (Å²) in [5, 5.41) is 2.84. The maximum absolute atomic E-state index is 12.9. The molecule has 1 N–H and O–H groups in total. The Morgan fingerprint density at radius 2 is 1.92 bits per heavy atom. The Hall–Kier alpha value is -2.34. The number of ether oxygens (including phenoxy) is 1. The van der Waals surface area contributed by atoms with Crippen LogP contribution >= 0.6 is 15.9 Å². The summed E-state index contributed by atoms with van der Waals surface area (Å²) in [6, 6.07) is 15.0. The van der Waals surface area contributed by atoms with Gasteiger partial charge in [-0.05, 0) is 36.2 Å². The van der Waals surface area contributed by atoms with Gasteiger partial charge in [-0.2, -0.15) is 0 Å². The van der Waals surface area contributed by atoms with Crippen LogP contribution in [0, 0.1) is 0 Å². The van der Waals surface area contributed by atoms with Gasteiger partial charge in [0.05, 0.1) is 18.7 Å². The molecule has 26 heavy (non-hydrogen) atoms. The van der Waals surface area contributed by atoms with Gasteiger partial charge in [0, 0.05) is 11.0 Å². The van der Waals surface area contributed by atoms with Crippen LogP contribution in [-0.4, -0.2) is 31.0 Å². The van der Waals surface area contributed by atoms with Gasteiger partial charge in [0.1, 0.15) is 5.75 Å². The number of hydrogen-bond donors (Lipinski definition) is 1. The Labute approximate surface area is 161 Å². The van der Waals surface area contributed by atoms with E-state index in [1.807, 2.05) is 49.4 Å². The molecule has 0 aromatic heterocycles. The molecule has 1 aliphatic heterocycles. The van der Waals surface area contributed by atoms with E-state index in [4.69, 9.17) is 4.74 Å². The number of fused-ring (bicyclic) bond motifs is 1. The summed E-state index contributed by atoms with van der Waals surface area (Å²) in [5.74, 6) is 0.304. The van der Waals surface area contributed by atoms with Crippen LogP contribution < -0.4 is 15.0 Å². The molecular weight excluding hydrogens is 396 g/mol. The maximum Gasteiger partial charge on any atom is 0.262 e. The maximum atomic E-state index is 12.9. The molecule has 6 heteroatoms. The number of carbonyl (C=O) groups is 2. The second-order valence-electron chi connectivity index (χ2n) is 6.17. The first-order valence-electron chi connectivity index (χ1n) is 8.66. The van der Waals surface area contributed by atoms with Crippen LogP contribution in [0.2, 0.25) is 0 Å². The fourth-order valence-electron chi connectivity index (χ4n) is 2.84. The number of amides is 2. The summed E-state index contributed by atoms with van der Waals surface area (Å²) < 4.78 is 6.80. The minimum atomic E-state index is -0.703. The predicted octanol–water partition coefficient (Wildman–Crippen LogP) is 3.31. The number of nitrogens with zero attached hydrogens (tertiary/aromatic N) is 1. The van der Waals surface area contributed by atoms with E-state index >= 15 is 0 Å². The number of benzene rings is 2. The molecule has 2 aromatic carbocycles. The smallest absolute Gasteiger partial charge is 0.262 e. The van der Waals surface area contributed by atoms with Crippen molar-refractivity contribution in [2.75, 3.05) is 18.0 Å². The first-order chi connectivity index (χ1) is 12.6. The summed E-state index contributed by atoms with van der Waals surface area (Å²) >= 11 is 3.40. The van der Waals surface area contributed by atoms with Gasteiger partial charge in [-0.1, -0.05) is 47.1 Å². The summed E-state index contributed by atoms with van der Waals surface area (Å²) in [5.41, 5.74) is 1.63. The van der Waals surface area contributed by atoms with Gasteiger partial charge in [-0.25, -0.2) is 0 Å². The molecule has 0 spiro atoms. The molecule has 0 unspecified atom stereocenters. The molecule has 0 fully saturated rings. The van der Waals surface area contributed by atoms with E-state index in [2.05, 4.69) is 21.2 Å². The number of anilines is 1. The van der Waals surface area contributed by atoms with E-state index in [-0.39, 0.29) is 24.8 Å². The van der Waals surface area contributed by atoms with Crippen LogP contribution in [0.3, 0.4) is 0 Å². The molecule has 2 amide bonds. The van der Waals surface area contributed by atoms with Crippen molar-refractivity contribution in [3.63, 3.8) is 0 Å². The number of halogens is 1. The lowest BCUT2D eigenvalue weighted by Gasteiger charge is -2.34. The van der Waals surface area contributed by atoms with Crippen molar-refractivity contribution in [1.82, 2.24) is 5.32 Å². The van der Waals surface area contributed by atoms with Crippen molar-refractivity contribution in [3.8, 4) is 5.75 Å². The lowest BCUT2D eigenvalue weighted by Crippen LogP contribution is -2.51. The van der Waals surface area contributed by atoms with E-state index < -0.39 is 6.10 Å². The lowest BCUT2D eigenvalue weighted by atomic mass is 10.1. The summed E-state index contributed by atoms with van der Waals surface area (Å²) in [4.78, 5) is 26.9. The molecular formula is C20H21BrN2O3. The Kier molecular flexibility index (Phi) is 5.93. The van der Waals surface area contributed by atoms with Gasteiger partial charge in [0.2, 0.25) is 5.91 Å². The first-order valence-corrected chi connectivity index (χ1v) is 9.46. The first kappa shape index (κ1) is 18.5. The van der Waals surface area contributed by atoms with Gasteiger partial charge in [-0.15, -0.1) is 0 Å². The third-order valence-corrected chi connectivity index (χ3v) is 4.71. The van der Waals surface area contributed by atoms with Gasteiger partial charge in [0.15, 0.2) is 6.10 Å². The van der Waals surface area contributed by atoms with Crippen molar-refractivity contribution in [2.24, 2.45) is 0 Å². The average molecular weight is 417 g/mol. The second kappa shape index (κ2) is 8.36. The normalized spacial score (nSPS) is 15.8. The summed E-state index contributed by atoms with van der Waals surface area (Å²) in [6.07, 6.45) is 0.414. The van der Waals surface area contributed by atoms with Crippen molar-refractivity contribution < 1.29 is 14.3 Å². The quantitative estimate of drug-likeness (QED) is 0.812. The molecule has 5 nitrogen and oxygen atoms in total. The average Bonchev–Trinajstić information content (AvgIpc) is 2.66. The standard InChI is InChI=1S/C20H21BrN2O3/c1-2-11-22-20(25)18-13-23(16-5-3-4-6-17(16)26-18)19(24)12-14-7-9-15(21)10-8-14/h3-10,18H,2,11-13H2,1H3,(H,22,25)/t18-/m0/s1. The van der Waals surface area contributed by atoms with Gasteiger partial charge < -0.3 is 15.0 Å². The molecule has 1 aliphatic rings. The zero-order valence-corrected chi connectivity index (χ0v) is 16.2. The van der Waals surface area contributed by atoms with Crippen molar-refractivity contribution in [1.29, 1.82) is 0 Å². The van der Waals surface area contributed by atoms with E-state index in [1.54, 1.807) is 11.0 Å². The topological polar surface area (TPSA) is 58.6 Å². The fourth-order valence-corrected chi connectivity index (χ4v) is 3.11. The van der Waals surface area contributed by atoms with Gasteiger partial charge in [-0.3, -0.25) is 9.59 Å². The van der Waals surface area contributed by atoms with Crippen LogP contribution in [-0.2, 0) is 16.0 Å². The Bertz CT molecular complexity index is 792. The zero-order valence-electron chi connectivity index (χ0n) is 14.6. The molecule has 1 atom stereocenters. The highest BCUT2D eigenvalue weighted by atomic mass is 79.9. The zero-order chi connectivity index (χ0) is 18.5. The van der Waals surface area contributed by atoms with Gasteiger partial charge >= 0.3 is 0 Å². The van der Waals surface area contributed by atoms with Gasteiger partial charge in [0.25, 0.3) is 5.91 Å². The van der Waals surface area contributed by atoms with Crippen molar-refractivity contribution in [3.05, 3.63) is 58.6 Å². The third kappa shape index (κ3) is 4.25. The summed E-state index contributed by atoms with van der Waals surface area (Å²) in [6.45, 7) is 2.79. The Balaban J connectivity index is 1.80. The second-order valence-corrected chi connectivity index (χ2v) is 7.09. The fraction of sp³-hybridized carbons (Fsp3) is 0.300. The summed E-state index contributed by atoms with van der Waals surface area (Å²) in [7, 11) is 0. The van der Waals surface area contributed by atoms with Crippen LogP contribution in [0.5, 0.6) is 5.75 Å². The highest BCUT2D eigenvalue weighted by Crippen LogP contribution is 2.33. The number of nitrogens with one attached hydrogen (secondary N) is 1.